The molecule has 5 nitrogen and oxygen atoms in total. The smallest absolute Gasteiger partial charge is 0.135 e. The zero-order valence-electron chi connectivity index (χ0n) is 13.3. The van der Waals surface area contributed by atoms with E-state index in [1.807, 2.05) is 20.8 Å². The van der Waals surface area contributed by atoms with E-state index in [1.165, 1.54) is 0 Å². The summed E-state index contributed by atoms with van der Waals surface area (Å²) in [7, 11) is 0. The average molecular weight is 305 g/mol. The molecule has 0 aliphatic carbocycles. The molecular formula is C15H23N5S. The highest BCUT2D eigenvalue weighted by Crippen LogP contribution is 2.26. The molecule has 2 heterocycles. The molecule has 2 aromatic rings. The highest BCUT2D eigenvalue weighted by Gasteiger charge is 2.14. The molecule has 2 rings (SSSR count). The van der Waals surface area contributed by atoms with Gasteiger partial charge in [0.2, 0.25) is 0 Å². The summed E-state index contributed by atoms with van der Waals surface area (Å²) in [4.78, 5) is 13.5. The van der Waals surface area contributed by atoms with Gasteiger partial charge < -0.3 is 10.6 Å². The van der Waals surface area contributed by atoms with Crippen molar-refractivity contribution in [2.24, 2.45) is 0 Å². The number of aryl methyl sites for hydroxylation is 2. The van der Waals surface area contributed by atoms with Gasteiger partial charge in [0.1, 0.15) is 22.5 Å². The Bertz CT molecular complexity index is 608. The number of thiazole rings is 1. The van der Waals surface area contributed by atoms with E-state index in [9.17, 15) is 0 Å². The fourth-order valence-corrected chi connectivity index (χ4v) is 2.83. The fourth-order valence-electron chi connectivity index (χ4n) is 2.02. The van der Waals surface area contributed by atoms with Crippen LogP contribution in [0, 0.1) is 20.8 Å². The van der Waals surface area contributed by atoms with Crippen molar-refractivity contribution in [2.45, 2.75) is 47.1 Å². The molecule has 0 bridgehead atoms. The maximum Gasteiger partial charge on any atom is 0.135 e. The predicted octanol–water partition coefficient (Wildman–Crippen LogP) is 3.85. The minimum atomic E-state index is 0.135. The van der Waals surface area contributed by atoms with Gasteiger partial charge in [-0.25, -0.2) is 15.0 Å². The Hall–Kier alpha value is -1.69. The molecule has 114 valence electrons. The number of nitrogens with one attached hydrogen (secondary N) is 2. The van der Waals surface area contributed by atoms with Crippen molar-refractivity contribution in [3.63, 3.8) is 0 Å². The largest absolute Gasteiger partial charge is 0.370 e. The molecule has 0 radical (unpaired) electrons. The molecule has 0 aliphatic rings. The van der Waals surface area contributed by atoms with Gasteiger partial charge in [-0.1, -0.05) is 6.92 Å². The van der Waals surface area contributed by atoms with E-state index in [2.05, 4.69) is 44.8 Å². The Morgan fingerprint density at radius 2 is 1.86 bits per heavy atom. The average Bonchev–Trinajstić information content (AvgIpc) is 2.87. The Morgan fingerprint density at radius 1 is 1.14 bits per heavy atom. The van der Waals surface area contributed by atoms with E-state index in [-0.39, 0.29) is 6.04 Å². The first kappa shape index (κ1) is 15.7. The number of anilines is 2. The number of hydrogen-bond donors (Lipinski definition) is 2. The third-order valence-electron chi connectivity index (χ3n) is 3.16. The summed E-state index contributed by atoms with van der Waals surface area (Å²) in [5.41, 5.74) is 2.11. The lowest BCUT2D eigenvalue weighted by Gasteiger charge is -2.17. The molecule has 0 spiro atoms. The molecule has 1 atom stereocenters. The van der Waals surface area contributed by atoms with E-state index in [0.717, 1.165) is 46.7 Å². The van der Waals surface area contributed by atoms with Crippen molar-refractivity contribution >= 4 is 23.0 Å². The van der Waals surface area contributed by atoms with E-state index in [1.54, 1.807) is 11.3 Å². The number of hydrogen-bond acceptors (Lipinski definition) is 6. The van der Waals surface area contributed by atoms with Crippen LogP contribution in [0.3, 0.4) is 0 Å². The first-order valence-corrected chi connectivity index (χ1v) is 8.17. The lowest BCUT2D eigenvalue weighted by molar-refractivity contribution is 0.844. The van der Waals surface area contributed by atoms with Gasteiger partial charge in [0, 0.05) is 23.2 Å². The first-order valence-electron chi connectivity index (χ1n) is 7.29. The molecule has 21 heavy (non-hydrogen) atoms. The Morgan fingerprint density at radius 3 is 2.48 bits per heavy atom. The van der Waals surface area contributed by atoms with Gasteiger partial charge >= 0.3 is 0 Å². The van der Waals surface area contributed by atoms with Crippen LogP contribution < -0.4 is 10.6 Å². The molecule has 2 N–H and O–H groups in total. The van der Waals surface area contributed by atoms with Crippen molar-refractivity contribution in [1.82, 2.24) is 15.0 Å². The maximum atomic E-state index is 4.53. The van der Waals surface area contributed by atoms with Gasteiger partial charge in [0.05, 0.1) is 6.04 Å². The second-order valence-corrected chi connectivity index (χ2v) is 6.10. The van der Waals surface area contributed by atoms with Crippen molar-refractivity contribution in [3.8, 4) is 0 Å². The Kier molecular flexibility index (Phi) is 5.12. The van der Waals surface area contributed by atoms with Crippen LogP contribution in [0.5, 0.6) is 0 Å². The Balaban J connectivity index is 2.20. The normalized spacial score (nSPS) is 12.2. The van der Waals surface area contributed by atoms with E-state index >= 15 is 0 Å². The molecule has 2 aromatic heterocycles. The molecule has 6 heteroatoms. The fraction of sp³-hybridized carbons (Fsp3) is 0.533. The van der Waals surface area contributed by atoms with Gasteiger partial charge in [-0.05, 0) is 34.1 Å². The molecule has 1 unspecified atom stereocenters. The third-order valence-corrected chi connectivity index (χ3v) is 4.31. The van der Waals surface area contributed by atoms with Gasteiger partial charge in [0.25, 0.3) is 0 Å². The second kappa shape index (κ2) is 6.85. The van der Waals surface area contributed by atoms with Gasteiger partial charge in [-0.15, -0.1) is 11.3 Å². The van der Waals surface area contributed by atoms with Crippen LogP contribution in [0.15, 0.2) is 5.38 Å². The molecule has 0 aromatic carbocycles. The standard InChI is InChI=1S/C15H23N5S/c1-6-7-16-13-10(3)14(20-12(5)19-13)18-11(4)15-17-9(2)8-21-15/h8,11H,6-7H2,1-5H3,(H2,16,18,19,20). The predicted molar refractivity (Wildman–Crippen MR) is 89.2 cm³/mol. The van der Waals surface area contributed by atoms with Crippen molar-refractivity contribution in [1.29, 1.82) is 0 Å². The lowest BCUT2D eigenvalue weighted by atomic mass is 10.2. The molecule has 0 fully saturated rings. The van der Waals surface area contributed by atoms with Crippen LogP contribution in [0.1, 0.15) is 48.4 Å². The molecule has 0 amide bonds. The highest BCUT2D eigenvalue weighted by atomic mass is 32.1. The zero-order valence-corrected chi connectivity index (χ0v) is 14.1. The van der Waals surface area contributed by atoms with E-state index in [0.29, 0.717) is 0 Å². The highest BCUT2D eigenvalue weighted by molar-refractivity contribution is 7.09. The van der Waals surface area contributed by atoms with Crippen molar-refractivity contribution in [3.05, 3.63) is 27.5 Å². The Labute approximate surface area is 130 Å². The lowest BCUT2D eigenvalue weighted by Crippen LogP contribution is -2.13. The van der Waals surface area contributed by atoms with Crippen molar-refractivity contribution < 1.29 is 0 Å². The summed E-state index contributed by atoms with van der Waals surface area (Å²) in [6.45, 7) is 11.1. The second-order valence-electron chi connectivity index (χ2n) is 5.21. The SMILES string of the molecule is CCCNc1nc(C)nc(NC(C)c2nc(C)cs2)c1C. The topological polar surface area (TPSA) is 62.7 Å². The molecule has 0 saturated heterocycles. The minimum Gasteiger partial charge on any atom is -0.370 e. The summed E-state index contributed by atoms with van der Waals surface area (Å²) >= 11 is 1.67. The van der Waals surface area contributed by atoms with Crippen molar-refractivity contribution in [2.75, 3.05) is 17.2 Å². The van der Waals surface area contributed by atoms with Crippen LogP contribution in [-0.2, 0) is 0 Å². The first-order chi connectivity index (χ1) is 10.0. The van der Waals surface area contributed by atoms with Gasteiger partial charge in [0.15, 0.2) is 0 Å². The van der Waals surface area contributed by atoms with Gasteiger partial charge in [-0.2, -0.15) is 0 Å². The summed E-state index contributed by atoms with van der Waals surface area (Å²) in [5, 5.41) is 9.96. The van der Waals surface area contributed by atoms with E-state index in [4.69, 9.17) is 0 Å². The molecule has 0 saturated carbocycles. The summed E-state index contributed by atoms with van der Waals surface area (Å²) in [6, 6.07) is 0.135. The van der Waals surface area contributed by atoms with Gasteiger partial charge in [-0.3, -0.25) is 0 Å². The van der Waals surface area contributed by atoms with E-state index < -0.39 is 0 Å². The van der Waals surface area contributed by atoms with Crippen LogP contribution in [-0.4, -0.2) is 21.5 Å². The quantitative estimate of drug-likeness (QED) is 0.848. The number of aromatic nitrogens is 3. The number of nitrogens with zero attached hydrogens (tertiary/aromatic N) is 3. The van der Waals surface area contributed by atoms with Crippen LogP contribution in [0.2, 0.25) is 0 Å². The maximum absolute atomic E-state index is 4.53. The summed E-state index contributed by atoms with van der Waals surface area (Å²) < 4.78 is 0. The summed E-state index contributed by atoms with van der Waals surface area (Å²) in [6.07, 6.45) is 1.07. The van der Waals surface area contributed by atoms with Crippen LogP contribution in [0.4, 0.5) is 11.6 Å². The molecular weight excluding hydrogens is 282 g/mol. The number of rotatable bonds is 6. The van der Waals surface area contributed by atoms with Crippen LogP contribution in [0.25, 0.3) is 0 Å². The zero-order chi connectivity index (χ0) is 15.4. The third kappa shape index (κ3) is 3.91. The summed E-state index contributed by atoms with van der Waals surface area (Å²) in [5.74, 6) is 2.56. The minimum absolute atomic E-state index is 0.135. The molecule has 0 aliphatic heterocycles. The van der Waals surface area contributed by atoms with Crippen LogP contribution >= 0.6 is 11.3 Å². The monoisotopic (exact) mass is 305 g/mol.